The molecule has 1 heterocycles. The molecule has 1 aliphatic rings. The summed E-state index contributed by atoms with van der Waals surface area (Å²) in [5.74, 6) is 0.0213. The third kappa shape index (κ3) is 7.79. The maximum Gasteiger partial charge on any atom is 0.416 e. The number of urea groups is 1. The Morgan fingerprint density at radius 3 is 2.32 bits per heavy atom. The average Bonchev–Trinajstić information content (AvgIpc) is 2.82. The zero-order chi connectivity index (χ0) is 28.4. The van der Waals surface area contributed by atoms with Crippen molar-refractivity contribution in [2.75, 3.05) is 31.6 Å². The molecule has 10 heteroatoms. The van der Waals surface area contributed by atoms with E-state index >= 15 is 0 Å². The fourth-order valence-corrected chi connectivity index (χ4v) is 4.83. The van der Waals surface area contributed by atoms with Crippen molar-refractivity contribution in [1.29, 1.82) is 0 Å². The van der Waals surface area contributed by atoms with E-state index in [2.05, 4.69) is 20.8 Å². The smallest absolute Gasteiger partial charge is 0.339 e. The van der Waals surface area contributed by atoms with Gasteiger partial charge >= 0.3 is 12.2 Å². The summed E-state index contributed by atoms with van der Waals surface area (Å²) in [5, 5.41) is 0.790. The summed E-state index contributed by atoms with van der Waals surface area (Å²) in [5.41, 5.74) is 0.589. The maximum atomic E-state index is 13.6. The number of aryl methyl sites for hydroxylation is 1. The predicted molar refractivity (Wildman–Crippen MR) is 146 cm³/mol. The predicted octanol–water partition coefficient (Wildman–Crippen LogP) is 7.46. The minimum atomic E-state index is -4.53. The van der Waals surface area contributed by atoms with Crippen LogP contribution in [0.5, 0.6) is 0 Å². The molecular weight excluding hydrogens is 538 g/mol. The minimum Gasteiger partial charge on any atom is -0.339 e. The molecule has 1 aliphatic heterocycles. The lowest BCUT2D eigenvalue weighted by Crippen LogP contribution is -2.59. The quantitative estimate of drug-likeness (QED) is 0.374. The normalized spacial score (nSPS) is 16.5. The number of alkyl halides is 3. The van der Waals surface area contributed by atoms with Crippen molar-refractivity contribution in [3.63, 3.8) is 0 Å². The molecule has 0 aliphatic carbocycles. The second kappa shape index (κ2) is 11.7. The first kappa shape index (κ1) is 30.1. The fourth-order valence-electron chi connectivity index (χ4n) is 4.51. The Morgan fingerprint density at radius 1 is 1.03 bits per heavy atom. The first-order chi connectivity index (χ1) is 17.5. The summed E-state index contributed by atoms with van der Waals surface area (Å²) in [6, 6.07) is 7.97. The topological polar surface area (TPSA) is 43.9 Å². The zero-order valence-corrected chi connectivity index (χ0v) is 23.8. The molecule has 0 radical (unpaired) electrons. The van der Waals surface area contributed by atoms with Crippen LogP contribution in [0.15, 0.2) is 36.4 Å². The molecule has 38 heavy (non-hydrogen) atoms. The number of hydrogen-bond donors (Lipinski definition) is 0. The average molecular weight is 572 g/mol. The first-order valence-electron chi connectivity index (χ1n) is 12.5. The van der Waals surface area contributed by atoms with Crippen molar-refractivity contribution >= 4 is 40.8 Å². The van der Waals surface area contributed by atoms with Gasteiger partial charge in [-0.2, -0.15) is 13.2 Å². The van der Waals surface area contributed by atoms with Crippen LogP contribution in [0.1, 0.15) is 50.3 Å². The molecule has 1 fully saturated rings. The summed E-state index contributed by atoms with van der Waals surface area (Å²) in [6.07, 6.45) is -2.98. The van der Waals surface area contributed by atoms with Crippen molar-refractivity contribution in [2.45, 2.75) is 59.2 Å². The Kier molecular flexibility index (Phi) is 9.30. The molecule has 2 aromatic carbocycles. The molecule has 1 atom stereocenters. The van der Waals surface area contributed by atoms with E-state index in [0.717, 1.165) is 24.1 Å². The van der Waals surface area contributed by atoms with E-state index in [-0.39, 0.29) is 23.6 Å². The number of carbonyl (C=O) groups excluding carboxylic acids is 2. The number of benzene rings is 2. The molecule has 5 nitrogen and oxygen atoms in total. The second-order valence-electron chi connectivity index (χ2n) is 11.1. The molecule has 3 amide bonds. The highest BCUT2D eigenvalue weighted by Crippen LogP contribution is 2.33. The van der Waals surface area contributed by atoms with Crippen LogP contribution in [-0.4, -0.2) is 54.5 Å². The minimum absolute atomic E-state index is 0.0126. The van der Waals surface area contributed by atoms with E-state index in [1.165, 1.54) is 11.9 Å². The number of piperazine rings is 1. The van der Waals surface area contributed by atoms with Crippen LogP contribution in [0.2, 0.25) is 10.0 Å². The summed E-state index contributed by atoms with van der Waals surface area (Å²) < 4.78 is 40.2. The molecule has 0 spiro atoms. The van der Waals surface area contributed by atoms with Gasteiger partial charge in [0.25, 0.3) is 0 Å². The second-order valence-corrected chi connectivity index (χ2v) is 11.9. The van der Waals surface area contributed by atoms with Crippen molar-refractivity contribution in [1.82, 2.24) is 9.80 Å². The maximum absolute atomic E-state index is 13.6. The summed E-state index contributed by atoms with van der Waals surface area (Å²) >= 11 is 12.3. The lowest BCUT2D eigenvalue weighted by atomic mass is 9.90. The highest BCUT2D eigenvalue weighted by Gasteiger charge is 2.36. The van der Waals surface area contributed by atoms with Gasteiger partial charge in [-0.1, -0.05) is 50.0 Å². The number of anilines is 1. The third-order valence-corrected chi connectivity index (χ3v) is 7.43. The molecule has 208 valence electrons. The summed E-state index contributed by atoms with van der Waals surface area (Å²) in [4.78, 5) is 31.3. The molecule has 0 bridgehead atoms. The van der Waals surface area contributed by atoms with Crippen molar-refractivity contribution in [3.8, 4) is 0 Å². The van der Waals surface area contributed by atoms with Gasteiger partial charge in [-0.3, -0.25) is 9.69 Å². The summed E-state index contributed by atoms with van der Waals surface area (Å²) in [7, 11) is 1.47. The van der Waals surface area contributed by atoms with E-state index in [1.807, 2.05) is 6.07 Å². The van der Waals surface area contributed by atoms with E-state index in [0.29, 0.717) is 41.5 Å². The van der Waals surface area contributed by atoms with Crippen molar-refractivity contribution < 1.29 is 22.8 Å². The number of hydrogen-bond acceptors (Lipinski definition) is 2. The van der Waals surface area contributed by atoms with Crippen LogP contribution in [0, 0.1) is 12.3 Å². The Hall–Kier alpha value is -2.45. The van der Waals surface area contributed by atoms with Gasteiger partial charge in [0.05, 0.1) is 21.7 Å². The molecule has 1 saturated heterocycles. The van der Waals surface area contributed by atoms with Crippen LogP contribution in [0.4, 0.5) is 23.7 Å². The van der Waals surface area contributed by atoms with Crippen LogP contribution < -0.4 is 4.90 Å². The van der Waals surface area contributed by atoms with E-state index in [4.69, 9.17) is 23.2 Å². The molecule has 0 N–H and O–H groups in total. The van der Waals surface area contributed by atoms with E-state index < -0.39 is 23.8 Å². The molecule has 0 aromatic heterocycles. The largest absolute Gasteiger partial charge is 0.416 e. The number of rotatable bonds is 5. The van der Waals surface area contributed by atoms with E-state index in [9.17, 15) is 22.8 Å². The first-order valence-corrected chi connectivity index (χ1v) is 13.3. The lowest BCUT2D eigenvalue weighted by Gasteiger charge is -2.43. The van der Waals surface area contributed by atoms with Gasteiger partial charge in [-0.05, 0) is 66.6 Å². The van der Waals surface area contributed by atoms with Gasteiger partial charge in [-0.25, -0.2) is 4.79 Å². The van der Waals surface area contributed by atoms with Gasteiger partial charge in [0.15, 0.2) is 0 Å². The lowest BCUT2D eigenvalue weighted by molar-refractivity contribution is -0.137. The number of amides is 3. The molecule has 2 aromatic rings. The van der Waals surface area contributed by atoms with Gasteiger partial charge in [-0.15, -0.1) is 0 Å². The third-order valence-electron chi connectivity index (χ3n) is 6.69. The zero-order valence-electron chi connectivity index (χ0n) is 22.3. The van der Waals surface area contributed by atoms with Crippen LogP contribution in [-0.2, 0) is 17.4 Å². The molecule has 3 rings (SSSR count). The van der Waals surface area contributed by atoms with Crippen LogP contribution in [0.25, 0.3) is 0 Å². The Morgan fingerprint density at radius 2 is 1.71 bits per heavy atom. The van der Waals surface area contributed by atoms with Crippen molar-refractivity contribution in [3.05, 3.63) is 63.1 Å². The Labute approximate surface area is 232 Å². The highest BCUT2D eigenvalue weighted by molar-refractivity contribution is 6.42. The standard InChI is InChI=1S/C28H34Cl2F3N3O2/c1-18-12-20(28(31,32)33)16-21(13-18)34(5)26(38)36-11-10-35(25(37)8-9-27(2,3)4)17-22(36)14-19-6-7-23(29)24(30)15-19/h6-7,12-13,15-16,22H,8-11,14,17H2,1-5H3/t22-/m1/s1. The van der Waals surface area contributed by atoms with Crippen molar-refractivity contribution in [2.24, 2.45) is 5.41 Å². The van der Waals surface area contributed by atoms with Crippen LogP contribution >= 0.6 is 23.2 Å². The van der Waals surface area contributed by atoms with Gasteiger partial charge in [0, 0.05) is 38.8 Å². The number of nitrogens with zero attached hydrogens (tertiary/aromatic N) is 3. The monoisotopic (exact) mass is 571 g/mol. The van der Waals surface area contributed by atoms with E-state index in [1.54, 1.807) is 34.9 Å². The Bertz CT molecular complexity index is 1180. The van der Waals surface area contributed by atoms with Crippen LogP contribution in [0.3, 0.4) is 0 Å². The van der Waals surface area contributed by atoms with Gasteiger partial charge in [0.2, 0.25) is 5.91 Å². The fraction of sp³-hybridized carbons (Fsp3) is 0.500. The van der Waals surface area contributed by atoms with Gasteiger partial charge < -0.3 is 9.80 Å². The van der Waals surface area contributed by atoms with Gasteiger partial charge in [0.1, 0.15) is 0 Å². The molecule has 0 saturated carbocycles. The SMILES string of the molecule is Cc1cc(N(C)C(=O)N2CCN(C(=O)CCC(C)(C)C)C[C@H]2Cc2ccc(Cl)c(Cl)c2)cc(C(F)(F)F)c1. The number of carbonyl (C=O) groups is 2. The Balaban J connectivity index is 1.87. The number of halogens is 5. The molecular formula is C28H34Cl2F3N3O2. The molecule has 0 unspecified atom stereocenters. The highest BCUT2D eigenvalue weighted by atomic mass is 35.5. The summed E-state index contributed by atoms with van der Waals surface area (Å²) in [6.45, 7) is 8.72.